The average molecular weight is 426 g/mol. The van der Waals surface area contributed by atoms with Crippen molar-refractivity contribution in [1.82, 2.24) is 9.35 Å². The quantitative estimate of drug-likeness (QED) is 0.422. The molecule has 0 atom stereocenters. The number of aromatic nitrogens is 2. The lowest BCUT2D eigenvalue weighted by molar-refractivity contribution is 0.789. The van der Waals surface area contributed by atoms with Crippen molar-refractivity contribution in [3.63, 3.8) is 0 Å². The number of aryl methyl sites for hydroxylation is 2. The maximum atomic E-state index is 7.85. The molecule has 5 rings (SSSR count). The van der Waals surface area contributed by atoms with Crippen LogP contribution < -0.4 is 0 Å². The van der Waals surface area contributed by atoms with Gasteiger partial charge in [0.1, 0.15) is 0 Å². The van der Waals surface area contributed by atoms with Crippen LogP contribution in [0.1, 0.15) is 79.6 Å². The maximum absolute atomic E-state index is 7.85. The summed E-state index contributed by atoms with van der Waals surface area (Å²) in [6, 6.07) is 14.8. The van der Waals surface area contributed by atoms with E-state index in [1.807, 2.05) is 24.6 Å². The second kappa shape index (κ2) is 8.05. The summed E-state index contributed by atoms with van der Waals surface area (Å²) in [5.74, 6) is 1.16. The summed E-state index contributed by atoms with van der Waals surface area (Å²) < 4.78 is 4.12. The van der Waals surface area contributed by atoms with E-state index in [-0.39, 0.29) is 0 Å². The zero-order valence-electron chi connectivity index (χ0n) is 19.4. The molecule has 5 heteroatoms. The molecule has 0 aliphatic heterocycles. The number of rotatable bonds is 7. The number of hydrogen-bond donors (Lipinski definition) is 1. The predicted molar refractivity (Wildman–Crippen MR) is 133 cm³/mol. The van der Waals surface area contributed by atoms with Gasteiger partial charge in [-0.2, -0.15) is 10.2 Å². The first-order valence-electron chi connectivity index (χ1n) is 11.6. The van der Waals surface area contributed by atoms with Gasteiger partial charge in [-0.3, -0.25) is 0 Å². The van der Waals surface area contributed by atoms with Gasteiger partial charge in [-0.05, 0) is 76.6 Å². The fourth-order valence-corrected chi connectivity index (χ4v) is 4.58. The van der Waals surface area contributed by atoms with Crippen LogP contribution >= 0.6 is 0 Å². The molecule has 2 fully saturated rings. The molecule has 3 aromatic rings. The largest absolute Gasteiger partial charge is 0.307 e. The molecule has 2 heterocycles. The maximum Gasteiger partial charge on any atom is 0.0827 e. The smallest absolute Gasteiger partial charge is 0.0827 e. The van der Waals surface area contributed by atoms with Crippen LogP contribution in [-0.4, -0.2) is 27.0 Å². The zero-order valence-corrected chi connectivity index (χ0v) is 19.4. The Kier molecular flexibility index (Phi) is 5.20. The van der Waals surface area contributed by atoms with E-state index in [4.69, 9.17) is 15.6 Å². The van der Waals surface area contributed by atoms with Crippen molar-refractivity contribution < 1.29 is 0 Å². The van der Waals surface area contributed by atoms with E-state index in [1.54, 1.807) is 0 Å². The third-order valence-corrected chi connectivity index (χ3v) is 6.62. The van der Waals surface area contributed by atoms with Crippen LogP contribution in [0.4, 0.5) is 0 Å². The van der Waals surface area contributed by atoms with Gasteiger partial charge < -0.3 is 5.41 Å². The van der Waals surface area contributed by atoms with E-state index in [1.165, 1.54) is 60.0 Å². The Hall–Kier alpha value is -3.21. The summed E-state index contributed by atoms with van der Waals surface area (Å²) in [6.07, 6.45) is 6.28. The summed E-state index contributed by atoms with van der Waals surface area (Å²) in [6.45, 7) is 8.38. The van der Waals surface area contributed by atoms with E-state index >= 15 is 0 Å². The van der Waals surface area contributed by atoms with E-state index in [2.05, 4.69) is 54.9 Å². The number of hydrogen-bond acceptors (Lipinski definition) is 3. The third kappa shape index (κ3) is 3.77. The highest BCUT2D eigenvalue weighted by Gasteiger charge is 2.31. The zero-order chi connectivity index (χ0) is 22.4. The fourth-order valence-electron chi connectivity index (χ4n) is 4.58. The molecule has 164 valence electrons. The number of nitrogens with zero attached hydrogens (tertiary/aromatic N) is 4. The molecule has 0 saturated heterocycles. The van der Waals surface area contributed by atoms with E-state index < -0.39 is 0 Å². The number of benzene rings is 1. The topological polar surface area (TPSA) is 58.4 Å². The van der Waals surface area contributed by atoms with Gasteiger partial charge in [-0.25, -0.2) is 9.35 Å². The van der Waals surface area contributed by atoms with Gasteiger partial charge in [0.05, 0.1) is 22.8 Å². The first kappa shape index (κ1) is 20.7. The Bertz CT molecular complexity index is 1230. The van der Waals surface area contributed by atoms with Gasteiger partial charge >= 0.3 is 0 Å². The minimum atomic E-state index is 0.566. The Labute approximate surface area is 190 Å². The van der Waals surface area contributed by atoms with Crippen molar-refractivity contribution in [2.75, 3.05) is 0 Å². The van der Waals surface area contributed by atoms with Crippen LogP contribution in [0.25, 0.3) is 11.3 Å². The molecule has 2 aliphatic rings. The molecule has 2 saturated carbocycles. The van der Waals surface area contributed by atoms with Crippen LogP contribution in [0.5, 0.6) is 0 Å². The Morgan fingerprint density at radius 3 is 1.94 bits per heavy atom. The summed E-state index contributed by atoms with van der Waals surface area (Å²) in [5, 5.41) is 17.9. The second-order valence-electron chi connectivity index (χ2n) is 9.29. The van der Waals surface area contributed by atoms with Crippen LogP contribution in [0.3, 0.4) is 0 Å². The average Bonchev–Trinajstić information content (AvgIpc) is 3.72. The van der Waals surface area contributed by atoms with Crippen molar-refractivity contribution in [3.05, 3.63) is 70.7 Å². The Morgan fingerprint density at radius 2 is 1.38 bits per heavy atom. The fraction of sp³-hybridized carbons (Fsp3) is 0.370. The van der Waals surface area contributed by atoms with E-state index in [0.29, 0.717) is 11.8 Å². The highest BCUT2D eigenvalue weighted by atomic mass is 15.4. The van der Waals surface area contributed by atoms with Crippen molar-refractivity contribution in [2.24, 2.45) is 10.2 Å². The van der Waals surface area contributed by atoms with Crippen LogP contribution in [0.2, 0.25) is 0 Å². The molecular weight excluding hydrogens is 394 g/mol. The summed E-state index contributed by atoms with van der Waals surface area (Å²) in [4.78, 5) is 0. The molecule has 0 spiro atoms. The minimum Gasteiger partial charge on any atom is -0.307 e. The van der Waals surface area contributed by atoms with Crippen LogP contribution in [-0.2, 0) is 0 Å². The van der Waals surface area contributed by atoms with Gasteiger partial charge in [0.25, 0.3) is 0 Å². The Morgan fingerprint density at radius 1 is 0.844 bits per heavy atom. The molecular formula is C27H31N5. The monoisotopic (exact) mass is 425 g/mol. The van der Waals surface area contributed by atoms with Crippen LogP contribution in [0, 0.1) is 19.3 Å². The summed E-state index contributed by atoms with van der Waals surface area (Å²) in [5.41, 5.74) is 10.0. The highest BCUT2D eigenvalue weighted by molar-refractivity contribution is 6.40. The lowest BCUT2D eigenvalue weighted by Gasteiger charge is -2.12. The molecule has 32 heavy (non-hydrogen) atoms. The molecule has 5 nitrogen and oxygen atoms in total. The normalized spacial score (nSPS) is 17.1. The summed E-state index contributed by atoms with van der Waals surface area (Å²) >= 11 is 0. The van der Waals surface area contributed by atoms with Gasteiger partial charge in [0, 0.05) is 35.0 Å². The number of nitrogens with one attached hydrogen (secondary N) is 1. The predicted octanol–water partition coefficient (Wildman–Crippen LogP) is 6.47. The first-order valence-corrected chi connectivity index (χ1v) is 11.6. The Balaban J connectivity index is 1.59. The molecule has 1 aromatic carbocycles. The van der Waals surface area contributed by atoms with Crippen molar-refractivity contribution >= 4 is 17.6 Å². The molecule has 0 radical (unpaired) electrons. The first-order chi connectivity index (χ1) is 15.5. The van der Waals surface area contributed by atoms with Gasteiger partial charge in [0.15, 0.2) is 0 Å². The van der Waals surface area contributed by atoms with Gasteiger partial charge in [-0.15, -0.1) is 0 Å². The lowest BCUT2D eigenvalue weighted by atomic mass is 10.1. The molecule has 2 aliphatic carbocycles. The molecule has 2 aromatic heterocycles. The van der Waals surface area contributed by atoms with E-state index in [0.717, 1.165) is 22.8 Å². The second-order valence-corrected chi connectivity index (χ2v) is 9.29. The SMILES string of the molecule is CC(=N\n1c(C=N)cc(C)c1C1CC1)/C(C)=N/n1c(-c2ccccc2)cc(C)c1C1CC1. The van der Waals surface area contributed by atoms with Crippen molar-refractivity contribution in [1.29, 1.82) is 5.41 Å². The molecule has 0 unspecified atom stereocenters. The standard InChI is InChI=1S/C27H31N5/c1-17-14-24(16-28)31(26(17)22-10-11-22)29-19(3)20(4)30-32-25(21-8-6-5-7-9-21)15-18(2)27(32)23-12-13-23/h5-9,14-16,22-23,28H,10-13H2,1-4H3/b28-16?,29-19+,30-20+. The van der Waals surface area contributed by atoms with Crippen molar-refractivity contribution in [3.8, 4) is 11.3 Å². The molecule has 1 N–H and O–H groups in total. The minimum absolute atomic E-state index is 0.566. The third-order valence-electron chi connectivity index (χ3n) is 6.62. The lowest BCUT2D eigenvalue weighted by Crippen LogP contribution is -2.13. The summed E-state index contributed by atoms with van der Waals surface area (Å²) in [7, 11) is 0. The van der Waals surface area contributed by atoms with Crippen molar-refractivity contribution in [2.45, 2.75) is 65.2 Å². The van der Waals surface area contributed by atoms with Gasteiger partial charge in [-0.1, -0.05) is 30.3 Å². The van der Waals surface area contributed by atoms with Gasteiger partial charge in [0.2, 0.25) is 0 Å². The highest BCUT2D eigenvalue weighted by Crippen LogP contribution is 2.44. The molecule has 0 bridgehead atoms. The molecule has 0 amide bonds. The van der Waals surface area contributed by atoms with E-state index in [9.17, 15) is 0 Å². The van der Waals surface area contributed by atoms with Crippen LogP contribution in [0.15, 0.2) is 52.7 Å².